The van der Waals surface area contributed by atoms with E-state index in [0.717, 1.165) is 11.1 Å². The monoisotopic (exact) mass is 479 g/mol. The summed E-state index contributed by atoms with van der Waals surface area (Å²) in [4.78, 5) is 11.7. The Morgan fingerprint density at radius 3 is 2.06 bits per heavy atom. The molecule has 3 aromatic rings. The average molecular weight is 480 g/mol. The molecule has 0 aliphatic rings. The van der Waals surface area contributed by atoms with E-state index < -0.39 is 12.1 Å². The van der Waals surface area contributed by atoms with Crippen molar-refractivity contribution in [2.75, 3.05) is 19.8 Å². The van der Waals surface area contributed by atoms with Gasteiger partial charge in [-0.2, -0.15) is 0 Å². The van der Waals surface area contributed by atoms with Gasteiger partial charge in [0.05, 0.1) is 6.61 Å². The van der Waals surface area contributed by atoms with Gasteiger partial charge >= 0.3 is 5.97 Å². The molecule has 35 heavy (non-hydrogen) atoms. The molecule has 0 aromatic heterocycles. The highest BCUT2D eigenvalue weighted by Gasteiger charge is 2.16. The van der Waals surface area contributed by atoms with Crippen LogP contribution in [0.4, 0.5) is 0 Å². The predicted octanol–water partition coefficient (Wildman–Crippen LogP) is 4.13. The number of esters is 1. The number of hydrogen-bond acceptors (Lipinski definition) is 7. The van der Waals surface area contributed by atoms with Gasteiger partial charge in [0.15, 0.2) is 11.5 Å². The van der Waals surface area contributed by atoms with Crippen LogP contribution in [0.1, 0.15) is 25.0 Å². The third kappa shape index (κ3) is 8.96. The number of benzene rings is 3. The van der Waals surface area contributed by atoms with E-state index >= 15 is 0 Å². The lowest BCUT2D eigenvalue weighted by Crippen LogP contribution is -2.41. The number of aliphatic hydroxyl groups excluding tert-OH is 1. The van der Waals surface area contributed by atoms with Crippen molar-refractivity contribution < 1.29 is 28.8 Å². The predicted molar refractivity (Wildman–Crippen MR) is 134 cm³/mol. The molecular weight excluding hydrogens is 446 g/mol. The molecular formula is C28H33NO6. The summed E-state index contributed by atoms with van der Waals surface area (Å²) in [7, 11) is 0. The zero-order valence-corrected chi connectivity index (χ0v) is 20.2. The van der Waals surface area contributed by atoms with Crippen LogP contribution in [0.15, 0.2) is 78.9 Å². The Labute approximate surface area is 206 Å². The van der Waals surface area contributed by atoms with Gasteiger partial charge in [-0.15, -0.1) is 0 Å². The smallest absolute Gasteiger partial charge is 0.322 e. The highest BCUT2D eigenvalue weighted by Crippen LogP contribution is 2.33. The maximum absolute atomic E-state index is 11.7. The number of carbonyl (C=O) groups is 1. The Kier molecular flexibility index (Phi) is 10.4. The van der Waals surface area contributed by atoms with Crippen molar-refractivity contribution in [1.82, 2.24) is 5.32 Å². The number of carbonyl (C=O) groups excluding carboxylic acids is 1. The van der Waals surface area contributed by atoms with Crippen molar-refractivity contribution in [3.63, 3.8) is 0 Å². The molecule has 0 aliphatic heterocycles. The zero-order chi connectivity index (χ0) is 24.9. The SMILES string of the molecule is CCOC(=O)C(C)NC[C@@H](O)COc1ccc(OCc2ccccc2)c(OCc2ccccc2)c1. The Balaban J connectivity index is 1.60. The molecule has 0 saturated heterocycles. The first-order chi connectivity index (χ1) is 17.0. The van der Waals surface area contributed by atoms with Gasteiger partial charge in [0.1, 0.15) is 37.7 Å². The van der Waals surface area contributed by atoms with E-state index in [1.165, 1.54) is 0 Å². The summed E-state index contributed by atoms with van der Waals surface area (Å²) in [5, 5.41) is 13.2. The van der Waals surface area contributed by atoms with E-state index in [1.807, 2.05) is 60.7 Å². The Bertz CT molecular complexity index is 1030. The van der Waals surface area contributed by atoms with Crippen molar-refractivity contribution in [2.45, 2.75) is 39.2 Å². The molecule has 3 aromatic carbocycles. The van der Waals surface area contributed by atoms with Crippen molar-refractivity contribution in [2.24, 2.45) is 0 Å². The zero-order valence-electron chi connectivity index (χ0n) is 20.2. The lowest BCUT2D eigenvalue weighted by atomic mass is 10.2. The van der Waals surface area contributed by atoms with E-state index in [0.29, 0.717) is 37.1 Å². The summed E-state index contributed by atoms with van der Waals surface area (Å²) >= 11 is 0. The highest BCUT2D eigenvalue weighted by molar-refractivity contribution is 5.75. The third-order valence-electron chi connectivity index (χ3n) is 5.13. The maximum Gasteiger partial charge on any atom is 0.322 e. The van der Waals surface area contributed by atoms with Gasteiger partial charge in [-0.25, -0.2) is 0 Å². The van der Waals surface area contributed by atoms with E-state index in [-0.39, 0.29) is 19.1 Å². The van der Waals surface area contributed by atoms with Gasteiger partial charge in [0, 0.05) is 12.6 Å². The summed E-state index contributed by atoms with van der Waals surface area (Å²) in [5.74, 6) is 1.33. The fourth-order valence-corrected chi connectivity index (χ4v) is 3.20. The third-order valence-corrected chi connectivity index (χ3v) is 5.13. The minimum atomic E-state index is -0.811. The van der Waals surface area contributed by atoms with Crippen LogP contribution in [0, 0.1) is 0 Å². The normalized spacial score (nSPS) is 12.4. The molecule has 7 heteroatoms. The lowest BCUT2D eigenvalue weighted by Gasteiger charge is -2.18. The minimum Gasteiger partial charge on any atom is -0.491 e. The molecule has 2 N–H and O–H groups in total. The fourth-order valence-electron chi connectivity index (χ4n) is 3.20. The average Bonchev–Trinajstić information content (AvgIpc) is 2.90. The standard InChI is InChI=1S/C28H33NO6/c1-3-32-28(31)21(2)29-17-24(30)20-33-25-14-15-26(34-18-22-10-6-4-7-11-22)27(16-25)35-19-23-12-8-5-9-13-23/h4-16,21,24,29-30H,3,17-20H2,1-2H3/t21?,24-/m1/s1. The summed E-state index contributed by atoms with van der Waals surface area (Å²) < 4.78 is 22.8. The number of ether oxygens (including phenoxy) is 4. The molecule has 0 heterocycles. The number of hydrogen-bond donors (Lipinski definition) is 2. The van der Waals surface area contributed by atoms with E-state index in [1.54, 1.807) is 32.0 Å². The first-order valence-electron chi connectivity index (χ1n) is 11.7. The second kappa shape index (κ2) is 14.0. The van der Waals surface area contributed by atoms with Gasteiger partial charge in [0.2, 0.25) is 0 Å². The highest BCUT2D eigenvalue weighted by atomic mass is 16.5. The van der Waals surface area contributed by atoms with Gasteiger partial charge in [-0.3, -0.25) is 4.79 Å². The van der Waals surface area contributed by atoms with E-state index in [9.17, 15) is 9.90 Å². The van der Waals surface area contributed by atoms with Crippen molar-refractivity contribution in [1.29, 1.82) is 0 Å². The molecule has 3 rings (SSSR count). The minimum absolute atomic E-state index is 0.0465. The van der Waals surface area contributed by atoms with E-state index in [4.69, 9.17) is 18.9 Å². The van der Waals surface area contributed by atoms with Crippen LogP contribution in [0.3, 0.4) is 0 Å². The van der Waals surface area contributed by atoms with Crippen LogP contribution >= 0.6 is 0 Å². The second-order valence-corrected chi connectivity index (χ2v) is 8.00. The van der Waals surface area contributed by atoms with E-state index in [2.05, 4.69) is 5.32 Å². The second-order valence-electron chi connectivity index (χ2n) is 8.00. The lowest BCUT2D eigenvalue weighted by molar-refractivity contribution is -0.145. The van der Waals surface area contributed by atoms with Crippen LogP contribution in [0.25, 0.3) is 0 Å². The summed E-state index contributed by atoms with van der Waals surface area (Å²) in [6.07, 6.45) is -0.811. The molecule has 7 nitrogen and oxygen atoms in total. The van der Waals surface area contributed by atoms with Crippen molar-refractivity contribution in [3.8, 4) is 17.2 Å². The largest absolute Gasteiger partial charge is 0.491 e. The Morgan fingerprint density at radius 2 is 1.46 bits per heavy atom. The quantitative estimate of drug-likeness (QED) is 0.336. The molecule has 0 spiro atoms. The fraction of sp³-hybridized carbons (Fsp3) is 0.321. The molecule has 2 atom stereocenters. The molecule has 0 fully saturated rings. The maximum atomic E-state index is 11.7. The summed E-state index contributed by atoms with van der Waals surface area (Å²) in [6.45, 7) is 4.78. The van der Waals surface area contributed by atoms with Gasteiger partial charge < -0.3 is 29.4 Å². The molecule has 0 saturated carbocycles. The molecule has 0 bridgehead atoms. The van der Waals surface area contributed by atoms with Crippen molar-refractivity contribution >= 4 is 5.97 Å². The number of rotatable bonds is 14. The number of nitrogens with one attached hydrogen (secondary N) is 1. The number of aliphatic hydroxyl groups is 1. The summed E-state index contributed by atoms with van der Waals surface area (Å²) in [6, 6.07) is 24.6. The van der Waals surface area contributed by atoms with Crippen molar-refractivity contribution in [3.05, 3.63) is 90.0 Å². The molecule has 0 amide bonds. The van der Waals surface area contributed by atoms with Gasteiger partial charge in [-0.1, -0.05) is 60.7 Å². The van der Waals surface area contributed by atoms with Crippen LogP contribution in [-0.4, -0.2) is 43.0 Å². The molecule has 1 unspecified atom stereocenters. The molecule has 186 valence electrons. The van der Waals surface area contributed by atoms with Crippen LogP contribution in [-0.2, 0) is 22.7 Å². The topological polar surface area (TPSA) is 86.3 Å². The van der Waals surface area contributed by atoms with Crippen LogP contribution in [0.2, 0.25) is 0 Å². The molecule has 0 radical (unpaired) electrons. The Morgan fingerprint density at radius 1 is 0.857 bits per heavy atom. The first kappa shape index (κ1) is 26.1. The van der Waals surface area contributed by atoms with Crippen LogP contribution in [0.5, 0.6) is 17.2 Å². The Hall–Kier alpha value is -3.55. The van der Waals surface area contributed by atoms with Crippen LogP contribution < -0.4 is 19.5 Å². The first-order valence-corrected chi connectivity index (χ1v) is 11.7. The molecule has 0 aliphatic carbocycles. The summed E-state index contributed by atoms with van der Waals surface area (Å²) in [5.41, 5.74) is 2.08. The van der Waals surface area contributed by atoms with Gasteiger partial charge in [0.25, 0.3) is 0 Å². The van der Waals surface area contributed by atoms with Gasteiger partial charge in [-0.05, 0) is 37.1 Å².